The van der Waals surface area contributed by atoms with Crippen molar-refractivity contribution in [3.05, 3.63) is 22.1 Å². The number of rotatable bonds is 2. The molecule has 4 heteroatoms. The molecule has 2 nitrogen and oxygen atoms in total. The molecule has 0 amide bonds. The third-order valence-corrected chi connectivity index (χ3v) is 3.28. The van der Waals surface area contributed by atoms with Crippen molar-refractivity contribution in [2.75, 3.05) is 0 Å². The van der Waals surface area contributed by atoms with Crippen molar-refractivity contribution in [1.82, 2.24) is 0 Å². The molecule has 0 bridgehead atoms. The summed E-state index contributed by atoms with van der Waals surface area (Å²) in [4.78, 5) is 11.4. The van der Waals surface area contributed by atoms with Gasteiger partial charge in [-0.3, -0.25) is 4.79 Å². The fraction of sp³-hybridized carbons (Fsp3) is 0.375. The SMILES string of the molecule is O=C(O)C1(c2ccc(F)s2)CC1. The van der Waals surface area contributed by atoms with E-state index < -0.39 is 11.4 Å². The Morgan fingerprint density at radius 2 is 2.25 bits per heavy atom. The van der Waals surface area contributed by atoms with Crippen molar-refractivity contribution in [1.29, 1.82) is 0 Å². The Labute approximate surface area is 72.6 Å². The van der Waals surface area contributed by atoms with Gasteiger partial charge in [0.25, 0.3) is 0 Å². The van der Waals surface area contributed by atoms with Crippen LogP contribution in [0.2, 0.25) is 0 Å². The molecule has 0 radical (unpaired) electrons. The van der Waals surface area contributed by atoms with E-state index in [1.807, 2.05) is 0 Å². The van der Waals surface area contributed by atoms with E-state index >= 15 is 0 Å². The van der Waals surface area contributed by atoms with E-state index in [2.05, 4.69) is 0 Å². The zero-order valence-electron chi connectivity index (χ0n) is 6.21. The van der Waals surface area contributed by atoms with Gasteiger partial charge in [-0.15, -0.1) is 11.3 Å². The molecule has 1 fully saturated rings. The summed E-state index contributed by atoms with van der Waals surface area (Å²) >= 11 is 0.938. The zero-order valence-corrected chi connectivity index (χ0v) is 7.03. The summed E-state index contributed by atoms with van der Waals surface area (Å²) in [6.45, 7) is 0. The van der Waals surface area contributed by atoms with Gasteiger partial charge in [0.05, 0.1) is 0 Å². The molecule has 12 heavy (non-hydrogen) atoms. The highest BCUT2D eigenvalue weighted by Gasteiger charge is 2.52. The summed E-state index contributed by atoms with van der Waals surface area (Å²) in [6, 6.07) is 2.89. The van der Waals surface area contributed by atoms with Crippen molar-refractivity contribution in [2.45, 2.75) is 18.3 Å². The third kappa shape index (κ3) is 0.948. The molecule has 1 aliphatic rings. The lowest BCUT2D eigenvalue weighted by atomic mass is 10.1. The van der Waals surface area contributed by atoms with Gasteiger partial charge in [0.15, 0.2) is 5.13 Å². The van der Waals surface area contributed by atoms with E-state index in [0.29, 0.717) is 17.7 Å². The molecule has 0 saturated heterocycles. The van der Waals surface area contributed by atoms with Crippen LogP contribution >= 0.6 is 11.3 Å². The van der Waals surface area contributed by atoms with Crippen LogP contribution in [-0.4, -0.2) is 11.1 Å². The quantitative estimate of drug-likeness (QED) is 0.767. The van der Waals surface area contributed by atoms with Crippen molar-refractivity contribution >= 4 is 17.3 Å². The number of hydrogen-bond acceptors (Lipinski definition) is 2. The van der Waals surface area contributed by atoms with E-state index in [-0.39, 0.29) is 5.13 Å². The molecule has 0 aromatic carbocycles. The molecule has 0 unspecified atom stereocenters. The molecule has 0 spiro atoms. The molecule has 1 saturated carbocycles. The summed E-state index contributed by atoms with van der Waals surface area (Å²) in [5.74, 6) is -0.829. The molecule has 1 aromatic heterocycles. The average Bonchev–Trinajstić information content (AvgIpc) is 2.71. The number of halogens is 1. The summed E-state index contributed by atoms with van der Waals surface area (Å²) in [7, 11) is 0. The number of carboxylic acid groups (broad SMARTS) is 1. The van der Waals surface area contributed by atoms with Gasteiger partial charge < -0.3 is 5.11 Å². The Morgan fingerprint density at radius 3 is 2.58 bits per heavy atom. The van der Waals surface area contributed by atoms with E-state index in [4.69, 9.17) is 5.11 Å². The minimum absolute atomic E-state index is 0.308. The maximum absolute atomic E-state index is 12.6. The minimum atomic E-state index is -0.829. The highest BCUT2D eigenvalue weighted by molar-refractivity contribution is 7.10. The number of carbonyl (C=O) groups is 1. The molecular formula is C8H7FO2S. The largest absolute Gasteiger partial charge is 0.481 e. The van der Waals surface area contributed by atoms with E-state index in [1.165, 1.54) is 6.07 Å². The number of aliphatic carboxylic acids is 1. The summed E-state index contributed by atoms with van der Waals surface area (Å²) in [6.07, 6.45) is 1.28. The van der Waals surface area contributed by atoms with Crippen LogP contribution in [0.5, 0.6) is 0 Å². The predicted molar refractivity (Wildman–Crippen MR) is 42.8 cm³/mol. The van der Waals surface area contributed by atoms with Gasteiger partial charge in [-0.1, -0.05) is 0 Å². The zero-order chi connectivity index (χ0) is 8.77. The third-order valence-electron chi connectivity index (χ3n) is 2.20. The molecule has 2 rings (SSSR count). The highest BCUT2D eigenvalue weighted by atomic mass is 32.1. The van der Waals surface area contributed by atoms with Gasteiger partial charge in [0.2, 0.25) is 0 Å². The Morgan fingerprint density at radius 1 is 1.58 bits per heavy atom. The average molecular weight is 186 g/mol. The highest BCUT2D eigenvalue weighted by Crippen LogP contribution is 2.50. The van der Waals surface area contributed by atoms with Crippen LogP contribution in [0.15, 0.2) is 12.1 Å². The molecule has 1 aromatic rings. The van der Waals surface area contributed by atoms with Gasteiger partial charge in [0, 0.05) is 4.88 Å². The first-order chi connectivity index (χ1) is 5.65. The lowest BCUT2D eigenvalue weighted by Gasteiger charge is -2.04. The van der Waals surface area contributed by atoms with Crippen molar-refractivity contribution < 1.29 is 14.3 Å². The van der Waals surface area contributed by atoms with Gasteiger partial charge >= 0.3 is 5.97 Å². The molecule has 0 atom stereocenters. The second-order valence-corrected chi connectivity index (χ2v) is 4.02. The maximum atomic E-state index is 12.6. The lowest BCUT2D eigenvalue weighted by Crippen LogP contribution is -2.17. The smallest absolute Gasteiger partial charge is 0.314 e. The van der Waals surface area contributed by atoms with Crippen LogP contribution in [-0.2, 0) is 10.2 Å². The summed E-state index contributed by atoms with van der Waals surface area (Å²) < 4.78 is 12.6. The first kappa shape index (κ1) is 7.73. The Bertz CT molecular complexity index is 328. The first-order valence-electron chi connectivity index (χ1n) is 3.64. The van der Waals surface area contributed by atoms with E-state index in [0.717, 1.165) is 11.3 Å². The normalized spacial score (nSPS) is 19.1. The van der Waals surface area contributed by atoms with Gasteiger partial charge in [-0.05, 0) is 25.0 Å². The number of thiophene rings is 1. The fourth-order valence-corrected chi connectivity index (χ4v) is 2.23. The van der Waals surface area contributed by atoms with Crippen molar-refractivity contribution in [2.24, 2.45) is 0 Å². The first-order valence-corrected chi connectivity index (χ1v) is 4.46. The molecule has 1 heterocycles. The minimum Gasteiger partial charge on any atom is -0.481 e. The molecule has 64 valence electrons. The lowest BCUT2D eigenvalue weighted by molar-refractivity contribution is -0.139. The number of hydrogen-bond donors (Lipinski definition) is 1. The topological polar surface area (TPSA) is 37.3 Å². The van der Waals surface area contributed by atoms with Crippen LogP contribution in [0.4, 0.5) is 4.39 Å². The molecular weight excluding hydrogens is 179 g/mol. The van der Waals surface area contributed by atoms with E-state index in [9.17, 15) is 9.18 Å². The number of carboxylic acids is 1. The van der Waals surface area contributed by atoms with Gasteiger partial charge in [-0.25, -0.2) is 0 Å². The fourth-order valence-electron chi connectivity index (χ4n) is 1.26. The van der Waals surface area contributed by atoms with Crippen LogP contribution in [0.3, 0.4) is 0 Å². The van der Waals surface area contributed by atoms with Crippen LogP contribution in [0.25, 0.3) is 0 Å². The second-order valence-electron chi connectivity index (χ2n) is 2.99. The Balaban J connectivity index is 2.36. The summed E-state index contributed by atoms with van der Waals surface area (Å²) in [5.41, 5.74) is -0.741. The summed E-state index contributed by atoms with van der Waals surface area (Å²) in [5, 5.41) is 8.54. The van der Waals surface area contributed by atoms with Crippen molar-refractivity contribution in [3.63, 3.8) is 0 Å². The monoisotopic (exact) mass is 186 g/mol. The maximum Gasteiger partial charge on any atom is 0.314 e. The second kappa shape index (κ2) is 2.29. The van der Waals surface area contributed by atoms with Gasteiger partial charge in [-0.2, -0.15) is 4.39 Å². The van der Waals surface area contributed by atoms with Crippen LogP contribution in [0.1, 0.15) is 17.7 Å². The molecule has 1 aliphatic carbocycles. The van der Waals surface area contributed by atoms with Crippen LogP contribution < -0.4 is 0 Å². The molecule has 0 aliphatic heterocycles. The van der Waals surface area contributed by atoms with Crippen LogP contribution in [0, 0.1) is 5.13 Å². The van der Waals surface area contributed by atoms with Gasteiger partial charge in [0.1, 0.15) is 5.41 Å². The van der Waals surface area contributed by atoms with E-state index in [1.54, 1.807) is 6.07 Å². The molecule has 1 N–H and O–H groups in total. The van der Waals surface area contributed by atoms with Crippen molar-refractivity contribution in [3.8, 4) is 0 Å². The standard InChI is InChI=1S/C8H7FO2S/c9-6-2-1-5(12-6)8(3-4-8)7(10)11/h1-2H,3-4H2,(H,10,11). The Kier molecular flexibility index (Phi) is 1.48. The Hall–Kier alpha value is -0.900. The predicted octanol–water partition coefficient (Wildman–Crippen LogP) is 2.00.